The van der Waals surface area contributed by atoms with Crippen molar-refractivity contribution in [2.75, 3.05) is 13.2 Å². The first-order valence-corrected chi connectivity index (χ1v) is 13.1. The Morgan fingerprint density at radius 3 is 2.39 bits per heavy atom. The molecular weight excluding hydrogens is 512 g/mol. The summed E-state index contributed by atoms with van der Waals surface area (Å²) < 4.78 is 50.5. The van der Waals surface area contributed by atoms with Crippen LogP contribution in [0.3, 0.4) is 0 Å². The Kier molecular flexibility index (Phi) is 7.84. The Hall–Kier alpha value is -0.440. The van der Waals surface area contributed by atoms with Crippen molar-refractivity contribution in [2.24, 2.45) is 5.92 Å². The average Bonchev–Trinajstić information content (AvgIpc) is 2.76. The molecule has 180 valence electrons. The second-order valence-corrected chi connectivity index (χ2v) is 12.0. The van der Waals surface area contributed by atoms with E-state index in [0.717, 1.165) is 4.90 Å². The quantitative estimate of drug-likeness (QED) is 0.186. The molecule has 0 radical (unpaired) electrons. The highest BCUT2D eigenvalue weighted by molar-refractivity contribution is 7.66. The van der Waals surface area contributed by atoms with Gasteiger partial charge in [-0.3, -0.25) is 24.1 Å². The predicted molar refractivity (Wildman–Crippen MR) is 95.9 cm³/mol. The van der Waals surface area contributed by atoms with Gasteiger partial charge in [-0.25, -0.2) is 18.2 Å². The summed E-state index contributed by atoms with van der Waals surface area (Å²) in [6.07, 6.45) is -4.41. The number of imide groups is 1. The number of urea groups is 1. The molecule has 20 heteroatoms. The monoisotopic (exact) mass is 531 g/mol. The fourth-order valence-electron chi connectivity index (χ4n) is 2.82. The van der Waals surface area contributed by atoms with E-state index in [4.69, 9.17) is 26.1 Å². The lowest BCUT2D eigenvalue weighted by Crippen LogP contribution is -2.61. The van der Waals surface area contributed by atoms with Crippen LogP contribution in [0.5, 0.6) is 0 Å². The molecule has 3 amide bonds. The first-order valence-electron chi connectivity index (χ1n) is 8.25. The summed E-state index contributed by atoms with van der Waals surface area (Å²) in [6, 6.07) is -0.852. The van der Waals surface area contributed by atoms with Gasteiger partial charge in [0.05, 0.1) is 12.5 Å². The molecule has 0 spiro atoms. The number of nitrogens with zero attached hydrogens (tertiary/aromatic N) is 1. The number of aliphatic hydroxyl groups is 1. The first-order chi connectivity index (χ1) is 13.8. The third-order valence-electron chi connectivity index (χ3n) is 4.22. The first kappa shape index (κ1) is 26.8. The Morgan fingerprint density at radius 1 is 1.26 bits per heavy atom. The number of ether oxygens (including phenoxy) is 1. The minimum atomic E-state index is -5.80. The molecule has 0 aromatic carbocycles. The summed E-state index contributed by atoms with van der Waals surface area (Å²) in [6.45, 7) is 1.72. The third kappa shape index (κ3) is 6.78. The summed E-state index contributed by atoms with van der Waals surface area (Å²) in [4.78, 5) is 60.5. The average molecular weight is 532 g/mol. The van der Waals surface area contributed by atoms with E-state index in [1.54, 1.807) is 0 Å². The molecule has 2 rings (SSSR count). The van der Waals surface area contributed by atoms with Gasteiger partial charge in [-0.1, -0.05) is 6.92 Å². The zero-order valence-electron chi connectivity index (χ0n) is 15.8. The molecule has 31 heavy (non-hydrogen) atoms. The summed E-state index contributed by atoms with van der Waals surface area (Å²) in [5.74, 6) is -1.16. The molecule has 2 fully saturated rings. The number of carbonyl (C=O) groups is 2. The van der Waals surface area contributed by atoms with Crippen LogP contribution in [0.25, 0.3) is 0 Å². The Balaban J connectivity index is 2.07. The van der Waals surface area contributed by atoms with Gasteiger partial charge in [0, 0.05) is 6.54 Å². The van der Waals surface area contributed by atoms with Crippen molar-refractivity contribution in [3.63, 3.8) is 0 Å². The van der Waals surface area contributed by atoms with Crippen LogP contribution in [0, 0.1) is 5.92 Å². The van der Waals surface area contributed by atoms with Crippen molar-refractivity contribution in [3.05, 3.63) is 0 Å². The number of hydrogen-bond acceptors (Lipinski definition) is 11. The minimum absolute atomic E-state index is 0.110. The normalized spacial score (nSPS) is 37.6. The molecule has 0 aromatic rings. The number of hydrogen-bond donors (Lipinski definition) is 5. The Labute approximate surface area is 179 Å². The van der Waals surface area contributed by atoms with Crippen LogP contribution in [0.4, 0.5) is 4.79 Å². The molecule has 2 saturated heterocycles. The topological polar surface area (TPSA) is 242 Å². The van der Waals surface area contributed by atoms with Gasteiger partial charge >= 0.3 is 21.7 Å². The summed E-state index contributed by atoms with van der Waals surface area (Å²) in [5.41, 5.74) is 0. The van der Waals surface area contributed by atoms with Crippen molar-refractivity contribution < 1.29 is 65.8 Å². The molecule has 0 aliphatic carbocycles. The summed E-state index contributed by atoms with van der Waals surface area (Å²) in [5, 5.41) is 12.5. The second-order valence-electron chi connectivity index (χ2n) is 6.84. The van der Waals surface area contributed by atoms with Gasteiger partial charge in [-0.15, -0.1) is 11.6 Å². The maximum Gasteiger partial charge on any atom is 0.487 e. The van der Waals surface area contributed by atoms with Crippen molar-refractivity contribution in [1.29, 1.82) is 0 Å². The van der Waals surface area contributed by atoms with Crippen molar-refractivity contribution in [3.8, 4) is 0 Å². The van der Waals surface area contributed by atoms with Crippen LogP contribution in [0.2, 0.25) is 0 Å². The molecule has 16 nitrogen and oxygen atoms in total. The zero-order chi connectivity index (χ0) is 24.0. The van der Waals surface area contributed by atoms with Crippen molar-refractivity contribution in [2.45, 2.75) is 37.2 Å². The largest absolute Gasteiger partial charge is 0.756 e. The van der Waals surface area contributed by atoms with E-state index in [1.165, 1.54) is 13.8 Å². The van der Waals surface area contributed by atoms with E-state index in [1.807, 2.05) is 0 Å². The summed E-state index contributed by atoms with van der Waals surface area (Å²) in [7, 11) is -17.1. The molecule has 2 heterocycles. The number of aliphatic hydroxyl groups excluding tert-OH is 1. The number of alkyl halides is 1. The van der Waals surface area contributed by atoms with Crippen LogP contribution in [-0.2, 0) is 36.4 Å². The number of phosphoric ester groups is 1. The molecule has 5 N–H and O–H groups in total. The SMILES string of the molecule is CC1CN([C@@H]2O[C@H](COP(=O)(O)OP(=O)(O)OP(=O)([O-])O)[C@@H](O)[C@@]2(C)Cl)C(=O)NC1=O. The molecule has 2 aliphatic rings. The Bertz CT molecular complexity index is 878. The van der Waals surface area contributed by atoms with Crippen LogP contribution in [-0.4, -0.2) is 73.1 Å². The lowest BCUT2D eigenvalue weighted by molar-refractivity contribution is -0.212. The number of amides is 3. The fourth-order valence-corrected chi connectivity index (χ4v) is 6.13. The van der Waals surface area contributed by atoms with Gasteiger partial charge in [0.2, 0.25) is 5.91 Å². The molecule has 0 saturated carbocycles. The van der Waals surface area contributed by atoms with Crippen LogP contribution in [0.1, 0.15) is 13.8 Å². The molecule has 8 atom stereocenters. The molecule has 0 bridgehead atoms. The highest BCUT2D eigenvalue weighted by Gasteiger charge is 2.57. The van der Waals surface area contributed by atoms with E-state index >= 15 is 0 Å². The van der Waals surface area contributed by atoms with Gasteiger partial charge in [-0.05, 0) is 6.92 Å². The fraction of sp³-hybridized carbons (Fsp3) is 0.818. The van der Waals surface area contributed by atoms with E-state index in [-0.39, 0.29) is 6.54 Å². The van der Waals surface area contributed by atoms with E-state index < -0.39 is 71.2 Å². The van der Waals surface area contributed by atoms with Crippen molar-refractivity contribution in [1.82, 2.24) is 10.2 Å². The maximum absolute atomic E-state index is 12.1. The van der Waals surface area contributed by atoms with E-state index in [9.17, 15) is 38.2 Å². The van der Waals surface area contributed by atoms with Crippen molar-refractivity contribution >= 4 is 47.0 Å². The number of halogens is 1. The molecule has 4 unspecified atom stereocenters. The van der Waals surface area contributed by atoms with Gasteiger partial charge in [0.15, 0.2) is 6.23 Å². The van der Waals surface area contributed by atoms with E-state index in [0.29, 0.717) is 0 Å². The van der Waals surface area contributed by atoms with Crippen LogP contribution >= 0.6 is 35.1 Å². The lowest BCUT2D eigenvalue weighted by Gasteiger charge is -2.38. The lowest BCUT2D eigenvalue weighted by atomic mass is 9.99. The highest BCUT2D eigenvalue weighted by atomic mass is 35.5. The second kappa shape index (κ2) is 9.07. The molecule has 0 aromatic heterocycles. The summed E-state index contributed by atoms with van der Waals surface area (Å²) >= 11 is 6.29. The number of carbonyl (C=O) groups excluding carboxylic acids is 2. The Morgan fingerprint density at radius 2 is 1.84 bits per heavy atom. The van der Waals surface area contributed by atoms with Crippen LogP contribution in [0.15, 0.2) is 0 Å². The van der Waals surface area contributed by atoms with Gasteiger partial charge in [-0.2, -0.15) is 4.31 Å². The maximum atomic E-state index is 12.1. The van der Waals surface area contributed by atoms with E-state index in [2.05, 4.69) is 18.5 Å². The zero-order valence-corrected chi connectivity index (χ0v) is 19.2. The standard InChI is InChI=1S/C11H20ClN2O14P3/c1-5-3-14(10(17)13-8(5)16)9-11(2,12)7(15)6(26-9)4-25-30(21,22)28-31(23,24)27-29(18,19)20/h5-7,9,15H,3-4H2,1-2H3,(H,21,22)(H,23,24)(H,13,16,17)(H2,18,19,20)/p-1/t5?,6-,7-,9-,11-/m1/s1. The number of nitrogens with one attached hydrogen (secondary N) is 1. The molecule has 2 aliphatic heterocycles. The minimum Gasteiger partial charge on any atom is -0.756 e. The molecular formula is C11H19ClN2O14P3-. The third-order valence-corrected chi connectivity index (χ3v) is 8.41. The van der Waals surface area contributed by atoms with Crippen LogP contribution < -0.4 is 10.2 Å². The highest BCUT2D eigenvalue weighted by Crippen LogP contribution is 2.65. The predicted octanol–water partition coefficient (Wildman–Crippen LogP) is -1.03. The van der Waals surface area contributed by atoms with Gasteiger partial charge < -0.3 is 29.4 Å². The smallest absolute Gasteiger partial charge is 0.487 e. The number of phosphoric acid groups is 3. The number of rotatable bonds is 8. The van der Waals surface area contributed by atoms with Gasteiger partial charge in [0.25, 0.3) is 7.82 Å². The van der Waals surface area contributed by atoms with Gasteiger partial charge in [0.1, 0.15) is 17.1 Å².